The minimum absolute atomic E-state index is 0.190. The topological polar surface area (TPSA) is 65.2 Å². The molecule has 1 unspecified atom stereocenters. The molecule has 1 rings (SSSR count). The van der Waals surface area contributed by atoms with Crippen molar-refractivity contribution in [3.8, 4) is 0 Å². The second kappa shape index (κ2) is 4.93. The number of methoxy groups -OCH3 is 1. The quantitative estimate of drug-likeness (QED) is 0.601. The SMILES string of the molecule is COC(=O)C(CN)c1ccc(Cl)nc1. The zero-order chi connectivity index (χ0) is 10.6. The van der Waals surface area contributed by atoms with E-state index in [4.69, 9.17) is 17.3 Å². The summed E-state index contributed by atoms with van der Waals surface area (Å²) in [6.45, 7) is 0.190. The van der Waals surface area contributed by atoms with E-state index in [9.17, 15) is 4.79 Å². The second-order valence-corrected chi connectivity index (χ2v) is 3.11. The van der Waals surface area contributed by atoms with Crippen LogP contribution >= 0.6 is 11.6 Å². The summed E-state index contributed by atoms with van der Waals surface area (Å²) >= 11 is 5.61. The van der Waals surface area contributed by atoms with Gasteiger partial charge in [0.25, 0.3) is 0 Å². The standard InChI is InChI=1S/C9H11ClN2O2/c1-14-9(13)7(4-11)6-2-3-8(10)12-5-6/h2-3,5,7H,4,11H2,1H3. The van der Waals surface area contributed by atoms with Crippen molar-refractivity contribution in [1.29, 1.82) is 0 Å². The summed E-state index contributed by atoms with van der Waals surface area (Å²) < 4.78 is 4.61. The Morgan fingerprint density at radius 2 is 2.43 bits per heavy atom. The third-order valence-electron chi connectivity index (χ3n) is 1.87. The molecule has 5 heteroatoms. The molecule has 2 N–H and O–H groups in total. The molecule has 1 aromatic rings. The molecule has 0 saturated heterocycles. The van der Waals surface area contributed by atoms with Gasteiger partial charge in [-0.15, -0.1) is 0 Å². The van der Waals surface area contributed by atoms with Crippen molar-refractivity contribution in [3.63, 3.8) is 0 Å². The second-order valence-electron chi connectivity index (χ2n) is 2.73. The lowest BCUT2D eigenvalue weighted by molar-refractivity contribution is -0.142. The normalized spacial score (nSPS) is 12.2. The number of halogens is 1. The van der Waals surface area contributed by atoms with Gasteiger partial charge >= 0.3 is 5.97 Å². The maximum Gasteiger partial charge on any atom is 0.314 e. The molecule has 0 fully saturated rings. The average molecular weight is 215 g/mol. The van der Waals surface area contributed by atoms with Crippen LogP contribution in [0.4, 0.5) is 0 Å². The first-order valence-corrected chi connectivity index (χ1v) is 4.46. The molecule has 4 nitrogen and oxygen atoms in total. The Bertz CT molecular complexity index is 313. The van der Waals surface area contributed by atoms with Gasteiger partial charge in [-0.05, 0) is 11.6 Å². The molecule has 0 aromatic carbocycles. The van der Waals surface area contributed by atoms with Crippen molar-refractivity contribution in [1.82, 2.24) is 4.98 Å². The summed E-state index contributed by atoms with van der Waals surface area (Å²) in [7, 11) is 1.33. The molecule has 0 radical (unpaired) electrons. The minimum atomic E-state index is -0.468. The lowest BCUT2D eigenvalue weighted by Crippen LogP contribution is -2.22. The van der Waals surface area contributed by atoms with Crippen LogP contribution in [-0.2, 0) is 9.53 Å². The van der Waals surface area contributed by atoms with Crippen molar-refractivity contribution in [2.45, 2.75) is 5.92 Å². The predicted molar refractivity (Wildman–Crippen MR) is 53.1 cm³/mol. The molecular formula is C9H11ClN2O2. The van der Waals surface area contributed by atoms with Crippen LogP contribution in [0.1, 0.15) is 11.5 Å². The first-order chi connectivity index (χ1) is 6.69. The van der Waals surface area contributed by atoms with E-state index in [1.807, 2.05) is 0 Å². The van der Waals surface area contributed by atoms with Gasteiger partial charge in [0.1, 0.15) is 5.15 Å². The van der Waals surface area contributed by atoms with E-state index in [0.29, 0.717) is 10.7 Å². The lowest BCUT2D eigenvalue weighted by atomic mass is 10.0. The maximum absolute atomic E-state index is 11.3. The molecule has 0 aliphatic rings. The minimum Gasteiger partial charge on any atom is -0.469 e. The van der Waals surface area contributed by atoms with Crippen molar-refractivity contribution >= 4 is 17.6 Å². The average Bonchev–Trinajstić information content (AvgIpc) is 2.21. The highest BCUT2D eigenvalue weighted by atomic mass is 35.5. The third kappa shape index (κ3) is 2.43. The van der Waals surface area contributed by atoms with Crippen LogP contribution in [0.25, 0.3) is 0 Å². The highest BCUT2D eigenvalue weighted by molar-refractivity contribution is 6.29. The molecule has 0 bridgehead atoms. The van der Waals surface area contributed by atoms with E-state index >= 15 is 0 Å². The van der Waals surface area contributed by atoms with Gasteiger partial charge in [0.05, 0.1) is 13.0 Å². The van der Waals surface area contributed by atoms with Gasteiger partial charge in [-0.1, -0.05) is 17.7 Å². The first-order valence-electron chi connectivity index (χ1n) is 4.08. The zero-order valence-electron chi connectivity index (χ0n) is 7.74. The lowest BCUT2D eigenvalue weighted by Gasteiger charge is -2.11. The number of rotatable bonds is 3. The Balaban J connectivity index is 2.89. The predicted octanol–water partition coefficient (Wildman–Crippen LogP) is 0.950. The van der Waals surface area contributed by atoms with E-state index in [1.165, 1.54) is 13.3 Å². The number of hydrogen-bond donors (Lipinski definition) is 1. The molecule has 0 spiro atoms. The Morgan fingerprint density at radius 3 is 2.86 bits per heavy atom. The summed E-state index contributed by atoms with van der Waals surface area (Å²) in [4.78, 5) is 15.1. The van der Waals surface area contributed by atoms with E-state index < -0.39 is 5.92 Å². The summed E-state index contributed by atoms with van der Waals surface area (Å²) in [6, 6.07) is 3.33. The fourth-order valence-corrected chi connectivity index (χ4v) is 1.22. The highest BCUT2D eigenvalue weighted by Crippen LogP contribution is 2.16. The van der Waals surface area contributed by atoms with E-state index in [2.05, 4.69) is 9.72 Å². The van der Waals surface area contributed by atoms with Crippen molar-refractivity contribution in [3.05, 3.63) is 29.0 Å². The first kappa shape index (κ1) is 10.9. The van der Waals surface area contributed by atoms with Crippen LogP contribution in [0.3, 0.4) is 0 Å². The number of carbonyl (C=O) groups is 1. The Labute approximate surface area is 87.0 Å². The summed E-state index contributed by atoms with van der Waals surface area (Å²) in [5, 5.41) is 0.384. The fourth-order valence-electron chi connectivity index (χ4n) is 1.10. The van der Waals surface area contributed by atoms with Gasteiger partial charge in [0.15, 0.2) is 0 Å². The van der Waals surface area contributed by atoms with Gasteiger partial charge in [-0.3, -0.25) is 4.79 Å². The number of aromatic nitrogens is 1. The van der Waals surface area contributed by atoms with Crippen LogP contribution in [-0.4, -0.2) is 24.6 Å². The van der Waals surface area contributed by atoms with Crippen LogP contribution in [0.5, 0.6) is 0 Å². The van der Waals surface area contributed by atoms with Crippen LogP contribution in [0.15, 0.2) is 18.3 Å². The largest absolute Gasteiger partial charge is 0.469 e. The number of esters is 1. The monoisotopic (exact) mass is 214 g/mol. The van der Waals surface area contributed by atoms with Crippen molar-refractivity contribution in [2.75, 3.05) is 13.7 Å². The van der Waals surface area contributed by atoms with Gasteiger partial charge in [0, 0.05) is 12.7 Å². The number of pyridine rings is 1. The fraction of sp³-hybridized carbons (Fsp3) is 0.333. The molecule has 1 atom stereocenters. The van der Waals surface area contributed by atoms with Gasteiger partial charge < -0.3 is 10.5 Å². The molecule has 0 amide bonds. The molecule has 1 heterocycles. The van der Waals surface area contributed by atoms with Crippen LogP contribution in [0, 0.1) is 0 Å². The summed E-state index contributed by atoms with van der Waals surface area (Å²) in [5.41, 5.74) is 6.17. The van der Waals surface area contributed by atoms with Crippen LogP contribution in [0.2, 0.25) is 5.15 Å². The Kier molecular flexibility index (Phi) is 3.85. The molecule has 0 aliphatic heterocycles. The molecule has 0 aliphatic carbocycles. The van der Waals surface area contributed by atoms with E-state index in [-0.39, 0.29) is 12.5 Å². The van der Waals surface area contributed by atoms with Gasteiger partial charge in [-0.25, -0.2) is 4.98 Å². The number of ether oxygens (including phenoxy) is 1. The van der Waals surface area contributed by atoms with Gasteiger partial charge in [0.2, 0.25) is 0 Å². The molecule has 14 heavy (non-hydrogen) atoms. The molecule has 0 saturated carbocycles. The third-order valence-corrected chi connectivity index (χ3v) is 2.10. The highest BCUT2D eigenvalue weighted by Gasteiger charge is 2.19. The molecule has 76 valence electrons. The van der Waals surface area contributed by atoms with Crippen molar-refractivity contribution < 1.29 is 9.53 Å². The summed E-state index contributed by atoms with van der Waals surface area (Å²) in [6.07, 6.45) is 1.52. The summed E-state index contributed by atoms with van der Waals surface area (Å²) in [5.74, 6) is -0.832. The van der Waals surface area contributed by atoms with Crippen LogP contribution < -0.4 is 5.73 Å². The van der Waals surface area contributed by atoms with Crippen molar-refractivity contribution in [2.24, 2.45) is 5.73 Å². The number of carbonyl (C=O) groups excluding carboxylic acids is 1. The van der Waals surface area contributed by atoms with E-state index in [1.54, 1.807) is 12.1 Å². The number of hydrogen-bond acceptors (Lipinski definition) is 4. The maximum atomic E-state index is 11.3. The Morgan fingerprint density at radius 1 is 1.71 bits per heavy atom. The Hall–Kier alpha value is -1.13. The number of nitrogens with two attached hydrogens (primary N) is 1. The van der Waals surface area contributed by atoms with Gasteiger partial charge in [-0.2, -0.15) is 0 Å². The smallest absolute Gasteiger partial charge is 0.314 e. The molecular weight excluding hydrogens is 204 g/mol. The zero-order valence-corrected chi connectivity index (χ0v) is 8.49. The van der Waals surface area contributed by atoms with E-state index in [0.717, 1.165) is 0 Å². The number of nitrogens with zero attached hydrogens (tertiary/aromatic N) is 1. The molecule has 1 aromatic heterocycles.